The molecule has 1 amide bonds. The van der Waals surface area contributed by atoms with Crippen LogP contribution in [0.3, 0.4) is 0 Å². The van der Waals surface area contributed by atoms with Crippen molar-refractivity contribution < 1.29 is 18.7 Å². The molecule has 1 N–H and O–H groups in total. The van der Waals surface area contributed by atoms with E-state index < -0.39 is 13.0 Å². The molecule has 0 aliphatic carbocycles. The number of aliphatic hydroxyl groups is 1. The number of rotatable bonds is 7. The molecular weight excluding hydrogens is 204 g/mol. The van der Waals surface area contributed by atoms with Crippen molar-refractivity contribution in [1.29, 1.82) is 0 Å². The van der Waals surface area contributed by atoms with Gasteiger partial charge in [0, 0.05) is 13.0 Å². The number of aliphatic hydroxyl groups excluding tert-OH is 1. The average molecular weight is 223 g/mol. The van der Waals surface area contributed by atoms with Crippen molar-refractivity contribution in [2.24, 2.45) is 5.92 Å². The molecule has 0 aliphatic rings. The van der Waals surface area contributed by atoms with Crippen molar-refractivity contribution in [2.45, 2.75) is 33.1 Å². The standard InChI is InChI=1S/C10H19F2NO2/c1-3-8(2)6-10(15)13(4-5-14)7-9(11)12/h8-9,14H,3-7H2,1-2H3. The van der Waals surface area contributed by atoms with Gasteiger partial charge in [0.25, 0.3) is 6.43 Å². The van der Waals surface area contributed by atoms with Gasteiger partial charge in [0.05, 0.1) is 13.2 Å². The minimum absolute atomic E-state index is 0.0143. The summed E-state index contributed by atoms with van der Waals surface area (Å²) in [5.41, 5.74) is 0. The fraction of sp³-hybridized carbons (Fsp3) is 0.900. The Morgan fingerprint density at radius 2 is 2.07 bits per heavy atom. The van der Waals surface area contributed by atoms with Crippen molar-refractivity contribution in [3.8, 4) is 0 Å². The Balaban J connectivity index is 4.15. The number of amides is 1. The van der Waals surface area contributed by atoms with E-state index in [0.29, 0.717) is 0 Å². The van der Waals surface area contributed by atoms with E-state index >= 15 is 0 Å². The third-order valence-corrected chi connectivity index (χ3v) is 2.30. The van der Waals surface area contributed by atoms with Gasteiger partial charge in [-0.25, -0.2) is 8.78 Å². The lowest BCUT2D eigenvalue weighted by Crippen LogP contribution is -2.37. The van der Waals surface area contributed by atoms with E-state index in [1.165, 1.54) is 0 Å². The molecule has 0 heterocycles. The highest BCUT2D eigenvalue weighted by Gasteiger charge is 2.18. The Hall–Kier alpha value is -0.710. The maximum absolute atomic E-state index is 12.1. The van der Waals surface area contributed by atoms with Gasteiger partial charge in [-0.05, 0) is 5.92 Å². The minimum Gasteiger partial charge on any atom is -0.395 e. The topological polar surface area (TPSA) is 40.5 Å². The number of hydrogen-bond acceptors (Lipinski definition) is 2. The molecule has 1 unspecified atom stereocenters. The summed E-state index contributed by atoms with van der Waals surface area (Å²) in [5, 5.41) is 8.65. The molecule has 0 aromatic carbocycles. The first kappa shape index (κ1) is 14.3. The van der Waals surface area contributed by atoms with Gasteiger partial charge in [-0.3, -0.25) is 4.79 Å². The minimum atomic E-state index is -2.54. The monoisotopic (exact) mass is 223 g/mol. The summed E-state index contributed by atoms with van der Waals surface area (Å²) in [7, 11) is 0. The van der Waals surface area contributed by atoms with Crippen LogP contribution in [0.15, 0.2) is 0 Å². The molecule has 0 aliphatic heterocycles. The second-order valence-electron chi connectivity index (χ2n) is 3.67. The van der Waals surface area contributed by atoms with Gasteiger partial charge in [0.1, 0.15) is 0 Å². The van der Waals surface area contributed by atoms with Crippen LogP contribution < -0.4 is 0 Å². The van der Waals surface area contributed by atoms with Gasteiger partial charge in [0.2, 0.25) is 5.91 Å². The van der Waals surface area contributed by atoms with Crippen LogP contribution in [0.25, 0.3) is 0 Å². The van der Waals surface area contributed by atoms with E-state index in [2.05, 4.69) is 0 Å². The van der Waals surface area contributed by atoms with Crippen molar-refractivity contribution in [2.75, 3.05) is 19.7 Å². The molecule has 0 aromatic heterocycles. The van der Waals surface area contributed by atoms with E-state index in [1.54, 1.807) is 0 Å². The molecule has 0 spiro atoms. The second kappa shape index (κ2) is 7.56. The van der Waals surface area contributed by atoms with Gasteiger partial charge in [-0.1, -0.05) is 20.3 Å². The van der Waals surface area contributed by atoms with Crippen LogP contribution in [0.5, 0.6) is 0 Å². The summed E-state index contributed by atoms with van der Waals surface area (Å²) in [6, 6.07) is 0. The van der Waals surface area contributed by atoms with Crippen LogP contribution in [-0.2, 0) is 4.79 Å². The maximum atomic E-state index is 12.1. The maximum Gasteiger partial charge on any atom is 0.255 e. The highest BCUT2D eigenvalue weighted by molar-refractivity contribution is 5.76. The first-order valence-electron chi connectivity index (χ1n) is 5.18. The zero-order chi connectivity index (χ0) is 11.8. The lowest BCUT2D eigenvalue weighted by molar-refractivity contribution is -0.134. The van der Waals surface area contributed by atoms with Crippen LogP contribution in [0, 0.1) is 5.92 Å². The number of carbonyl (C=O) groups is 1. The van der Waals surface area contributed by atoms with Gasteiger partial charge in [-0.2, -0.15) is 0 Å². The quantitative estimate of drug-likeness (QED) is 0.710. The fourth-order valence-electron chi connectivity index (χ4n) is 1.18. The number of halogens is 2. The van der Waals surface area contributed by atoms with E-state index in [9.17, 15) is 13.6 Å². The van der Waals surface area contributed by atoms with Crippen molar-refractivity contribution in [1.82, 2.24) is 4.90 Å². The zero-order valence-electron chi connectivity index (χ0n) is 9.25. The largest absolute Gasteiger partial charge is 0.395 e. The third kappa shape index (κ3) is 6.38. The Morgan fingerprint density at radius 3 is 2.47 bits per heavy atom. The molecule has 0 rings (SSSR count). The Bertz CT molecular complexity index is 188. The Morgan fingerprint density at radius 1 is 1.47 bits per heavy atom. The van der Waals surface area contributed by atoms with Gasteiger partial charge in [0.15, 0.2) is 0 Å². The Kier molecular flexibility index (Phi) is 7.21. The number of alkyl halides is 2. The molecule has 90 valence electrons. The average Bonchev–Trinajstić information content (AvgIpc) is 2.16. The first-order valence-corrected chi connectivity index (χ1v) is 5.18. The van der Waals surface area contributed by atoms with Crippen molar-refractivity contribution in [3.63, 3.8) is 0 Å². The molecule has 3 nitrogen and oxygen atoms in total. The molecule has 1 atom stereocenters. The van der Waals surface area contributed by atoms with Crippen LogP contribution >= 0.6 is 0 Å². The van der Waals surface area contributed by atoms with E-state index in [0.717, 1.165) is 11.3 Å². The second-order valence-corrected chi connectivity index (χ2v) is 3.67. The van der Waals surface area contributed by atoms with Gasteiger partial charge in [-0.15, -0.1) is 0 Å². The lowest BCUT2D eigenvalue weighted by atomic mass is 10.0. The van der Waals surface area contributed by atoms with E-state index in [1.807, 2.05) is 13.8 Å². The van der Waals surface area contributed by atoms with Gasteiger partial charge < -0.3 is 10.0 Å². The predicted octanol–water partition coefficient (Wildman–Crippen LogP) is 1.51. The normalized spacial score (nSPS) is 12.9. The fourth-order valence-corrected chi connectivity index (χ4v) is 1.18. The van der Waals surface area contributed by atoms with E-state index in [4.69, 9.17) is 5.11 Å². The molecule has 0 saturated heterocycles. The summed E-state index contributed by atoms with van der Waals surface area (Å²) >= 11 is 0. The summed E-state index contributed by atoms with van der Waals surface area (Å²) in [5.74, 6) is -0.116. The molecular formula is C10H19F2NO2. The summed E-state index contributed by atoms with van der Waals surface area (Å²) in [4.78, 5) is 12.5. The van der Waals surface area contributed by atoms with Crippen LogP contribution in [0.2, 0.25) is 0 Å². The van der Waals surface area contributed by atoms with Crippen molar-refractivity contribution in [3.05, 3.63) is 0 Å². The Labute approximate surface area is 89.1 Å². The summed E-state index contributed by atoms with van der Waals surface area (Å²) in [6.07, 6.45) is -1.44. The molecule has 0 radical (unpaired) electrons. The molecule has 0 fully saturated rings. The number of carbonyl (C=O) groups excluding carboxylic acids is 1. The van der Waals surface area contributed by atoms with Crippen LogP contribution in [-0.4, -0.2) is 42.0 Å². The zero-order valence-corrected chi connectivity index (χ0v) is 9.25. The third-order valence-electron chi connectivity index (χ3n) is 2.30. The predicted molar refractivity (Wildman–Crippen MR) is 53.7 cm³/mol. The summed E-state index contributed by atoms with van der Waals surface area (Å²) < 4.78 is 24.2. The molecule has 0 aromatic rings. The SMILES string of the molecule is CCC(C)CC(=O)N(CCO)CC(F)F. The lowest BCUT2D eigenvalue weighted by Gasteiger charge is -2.22. The summed E-state index contributed by atoms with van der Waals surface area (Å²) in [6.45, 7) is 2.97. The molecule has 0 bridgehead atoms. The van der Waals surface area contributed by atoms with E-state index in [-0.39, 0.29) is 31.4 Å². The molecule has 15 heavy (non-hydrogen) atoms. The first-order chi connectivity index (χ1) is 7.01. The van der Waals surface area contributed by atoms with Crippen LogP contribution in [0.4, 0.5) is 8.78 Å². The number of nitrogens with zero attached hydrogens (tertiary/aromatic N) is 1. The molecule has 0 saturated carbocycles. The highest BCUT2D eigenvalue weighted by Crippen LogP contribution is 2.10. The smallest absolute Gasteiger partial charge is 0.255 e. The van der Waals surface area contributed by atoms with Crippen LogP contribution in [0.1, 0.15) is 26.7 Å². The van der Waals surface area contributed by atoms with Crippen molar-refractivity contribution >= 4 is 5.91 Å². The highest BCUT2D eigenvalue weighted by atomic mass is 19.3. The molecule has 5 heteroatoms. The number of hydrogen-bond donors (Lipinski definition) is 1. The van der Waals surface area contributed by atoms with Gasteiger partial charge >= 0.3 is 0 Å².